The highest BCUT2D eigenvalue weighted by Crippen LogP contribution is 2.30. The summed E-state index contributed by atoms with van der Waals surface area (Å²) >= 11 is 0. The zero-order chi connectivity index (χ0) is 56.0. The average molecular weight is 1080 g/mol. The molecule has 0 bridgehead atoms. The molecule has 1 amide bonds. The van der Waals surface area contributed by atoms with Crippen molar-refractivity contribution in [2.24, 2.45) is 0 Å². The topological polar surface area (TPSA) is 228 Å². The van der Waals surface area contributed by atoms with Gasteiger partial charge in [-0.1, -0.05) is 186 Å². The molecule has 2 aliphatic heterocycles. The van der Waals surface area contributed by atoms with Crippen LogP contribution in [0.15, 0.2) is 134 Å². The summed E-state index contributed by atoms with van der Waals surface area (Å²) in [5.74, 6) is -0.290. The second-order valence-corrected chi connectivity index (χ2v) is 19.7. The monoisotopic (exact) mass is 1080 g/mol. The van der Waals surface area contributed by atoms with Gasteiger partial charge in [-0.05, 0) is 103 Å². The lowest BCUT2D eigenvalue weighted by molar-refractivity contribution is -0.359. The predicted octanol–water partition coefficient (Wildman–Crippen LogP) is 9.60. The first-order valence-corrected chi connectivity index (χ1v) is 28.9. The van der Waals surface area contributed by atoms with Crippen molar-refractivity contribution in [3.63, 3.8) is 0 Å². The van der Waals surface area contributed by atoms with Gasteiger partial charge in [0.25, 0.3) is 0 Å². The molecule has 0 radical (unpaired) electrons. The van der Waals surface area contributed by atoms with Gasteiger partial charge in [0.05, 0.1) is 32.0 Å². The predicted molar refractivity (Wildman–Crippen MR) is 308 cm³/mol. The molecule has 2 heterocycles. The number of hydrogen-bond donors (Lipinski definition) is 9. The van der Waals surface area contributed by atoms with E-state index in [1.54, 1.807) is 6.08 Å². The molecule has 2 fully saturated rings. The summed E-state index contributed by atoms with van der Waals surface area (Å²) in [6.45, 7) is 2.58. The van der Waals surface area contributed by atoms with Gasteiger partial charge in [-0.25, -0.2) is 0 Å². The number of ether oxygens (including phenoxy) is 4. The Balaban J connectivity index is 1.75. The van der Waals surface area contributed by atoms with E-state index in [4.69, 9.17) is 18.9 Å². The molecule has 436 valence electrons. The summed E-state index contributed by atoms with van der Waals surface area (Å²) in [5.41, 5.74) is 0. The fourth-order valence-corrected chi connectivity index (χ4v) is 8.41. The lowest BCUT2D eigenvalue weighted by Gasteiger charge is -2.46. The van der Waals surface area contributed by atoms with Crippen LogP contribution in [0.4, 0.5) is 0 Å². The first-order chi connectivity index (χ1) is 37.6. The Kier molecular flexibility index (Phi) is 42.2. The zero-order valence-electron chi connectivity index (χ0n) is 46.6. The molecule has 0 spiro atoms. The van der Waals surface area contributed by atoms with Gasteiger partial charge in [-0.15, -0.1) is 0 Å². The van der Waals surface area contributed by atoms with Gasteiger partial charge < -0.3 is 65.1 Å². The van der Waals surface area contributed by atoms with E-state index in [0.29, 0.717) is 12.8 Å². The molecule has 0 aromatic rings. The number of unbranched alkanes of at least 4 members (excludes halogenated alkanes) is 10. The van der Waals surface area contributed by atoms with E-state index in [0.717, 1.165) is 89.9 Å². The summed E-state index contributed by atoms with van der Waals surface area (Å²) < 4.78 is 22.7. The molecule has 12 unspecified atom stereocenters. The van der Waals surface area contributed by atoms with Crippen LogP contribution in [0, 0.1) is 0 Å². The normalized spacial score (nSPS) is 25.7. The van der Waals surface area contributed by atoms with E-state index in [2.05, 4.69) is 141 Å². The molecule has 0 aromatic carbocycles. The lowest BCUT2D eigenvalue weighted by atomic mass is 9.97. The zero-order valence-corrected chi connectivity index (χ0v) is 46.6. The number of carbonyl (C=O) groups excluding carboxylic acids is 1. The van der Waals surface area contributed by atoms with Gasteiger partial charge in [-0.2, -0.15) is 0 Å². The first kappa shape index (κ1) is 69.2. The van der Waals surface area contributed by atoms with Gasteiger partial charge in [0.1, 0.15) is 48.8 Å². The highest BCUT2D eigenvalue weighted by molar-refractivity contribution is 5.76. The van der Waals surface area contributed by atoms with Gasteiger partial charge in [-0.3, -0.25) is 4.79 Å². The largest absolute Gasteiger partial charge is 0.394 e. The molecule has 14 nitrogen and oxygen atoms in total. The van der Waals surface area contributed by atoms with Crippen LogP contribution >= 0.6 is 0 Å². The lowest BCUT2D eigenvalue weighted by Crippen LogP contribution is -2.65. The van der Waals surface area contributed by atoms with Crippen LogP contribution in [-0.2, 0) is 23.7 Å². The summed E-state index contributed by atoms with van der Waals surface area (Å²) in [5, 5.41) is 86.8. The minimum atomic E-state index is -1.80. The molecule has 12 atom stereocenters. The van der Waals surface area contributed by atoms with Gasteiger partial charge >= 0.3 is 0 Å². The molecule has 14 heteroatoms. The molecular formula is C63H101NO13. The van der Waals surface area contributed by atoms with Crippen molar-refractivity contribution in [2.45, 2.75) is 235 Å². The molecule has 77 heavy (non-hydrogen) atoms. The van der Waals surface area contributed by atoms with Crippen LogP contribution in [0.1, 0.15) is 162 Å². The Labute approximate surface area is 462 Å². The molecule has 2 rings (SSSR count). The maximum absolute atomic E-state index is 13.2. The van der Waals surface area contributed by atoms with Crippen LogP contribution in [0.2, 0.25) is 0 Å². The fourth-order valence-electron chi connectivity index (χ4n) is 8.41. The number of aliphatic hydroxyl groups excluding tert-OH is 8. The summed E-state index contributed by atoms with van der Waals surface area (Å²) in [6.07, 6.45) is 52.1. The van der Waals surface area contributed by atoms with Gasteiger partial charge in [0, 0.05) is 6.42 Å². The third kappa shape index (κ3) is 32.7. The number of nitrogens with one attached hydrogen (secondary N) is 1. The van der Waals surface area contributed by atoms with Crippen molar-refractivity contribution >= 4 is 5.91 Å². The van der Waals surface area contributed by atoms with Crippen molar-refractivity contribution in [3.8, 4) is 0 Å². The number of amides is 1. The fraction of sp³-hybridized carbons (Fsp3) is 0.635. The van der Waals surface area contributed by atoms with Crippen molar-refractivity contribution in [3.05, 3.63) is 134 Å². The van der Waals surface area contributed by atoms with Gasteiger partial charge in [0.2, 0.25) is 5.91 Å². The highest BCUT2D eigenvalue weighted by atomic mass is 16.7. The van der Waals surface area contributed by atoms with E-state index in [9.17, 15) is 45.6 Å². The second kappa shape index (κ2) is 47.0. The Morgan fingerprint density at radius 2 is 0.909 bits per heavy atom. The van der Waals surface area contributed by atoms with Crippen LogP contribution in [0.25, 0.3) is 0 Å². The molecule has 0 saturated carbocycles. The summed E-state index contributed by atoms with van der Waals surface area (Å²) in [6, 6.07) is -0.959. The standard InChI is InChI=1S/C63H101NO13/c1-3-5-7-9-11-13-15-17-18-19-20-21-22-23-24-25-26-27-28-29-30-31-32-33-34-35-37-39-41-43-45-47-55(68)64-51(52(67)46-44-42-40-38-36-16-14-12-10-8-6-4-2)50-74-62-60(73)58(71)61(54(49-66)76-62)77-63-59(72)57(70)56(69)53(48-65)75-63/h5,7,11,13,17-18,20-21,23-24,26-27,29-30,32-33,35-38,44,46,51-54,56-63,65-67,69-73H,3-4,6,8-10,12,14-16,19,22,25,28,31,34,39-43,45,47-50H2,1-2H3,(H,64,68)/b7-5-,13-11-,18-17-,21-20-,24-23-,27-26-,30-29-,33-32-,37-35-,38-36+,46-44+. The molecule has 2 aliphatic rings. The van der Waals surface area contributed by atoms with Crippen molar-refractivity contribution < 1.29 is 64.6 Å². The molecule has 9 N–H and O–H groups in total. The average Bonchev–Trinajstić information content (AvgIpc) is 3.43. The maximum Gasteiger partial charge on any atom is 0.220 e. The highest BCUT2D eigenvalue weighted by Gasteiger charge is 2.51. The van der Waals surface area contributed by atoms with E-state index in [1.807, 2.05) is 6.08 Å². The minimum Gasteiger partial charge on any atom is -0.394 e. The van der Waals surface area contributed by atoms with E-state index in [1.165, 1.54) is 38.5 Å². The smallest absolute Gasteiger partial charge is 0.220 e. The quantitative estimate of drug-likeness (QED) is 0.0205. The number of rotatable bonds is 43. The van der Waals surface area contributed by atoms with E-state index < -0.39 is 86.8 Å². The Morgan fingerprint density at radius 1 is 0.481 bits per heavy atom. The molecule has 2 saturated heterocycles. The number of carbonyl (C=O) groups is 1. The van der Waals surface area contributed by atoms with Crippen LogP contribution in [-0.4, -0.2) is 140 Å². The first-order valence-electron chi connectivity index (χ1n) is 28.9. The van der Waals surface area contributed by atoms with E-state index >= 15 is 0 Å². The summed E-state index contributed by atoms with van der Waals surface area (Å²) in [7, 11) is 0. The van der Waals surface area contributed by atoms with Crippen LogP contribution in [0.5, 0.6) is 0 Å². The minimum absolute atomic E-state index is 0.223. The molecule has 0 aromatic heterocycles. The number of allylic oxidation sites excluding steroid dienone is 21. The van der Waals surface area contributed by atoms with Crippen LogP contribution < -0.4 is 5.32 Å². The number of aliphatic hydroxyl groups is 8. The Bertz CT molecular complexity index is 1800. The second-order valence-electron chi connectivity index (χ2n) is 19.7. The Hall–Kier alpha value is -3.87. The third-order valence-corrected chi connectivity index (χ3v) is 13.1. The Morgan fingerprint density at radius 3 is 1.43 bits per heavy atom. The SMILES string of the molecule is CC/C=C\C/C=C\C/C=C\C/C=C\C/C=C\C/C=C\C/C=C\C/C=C\C/C=C\CCCCCC(=O)NC(COC1OC(CO)C(OC2OC(CO)C(O)C(O)C2O)C(O)C1O)C(O)/C=C/CC/C=C/CCCCCCCC. The number of hydrogen-bond acceptors (Lipinski definition) is 13. The summed E-state index contributed by atoms with van der Waals surface area (Å²) in [4.78, 5) is 13.2. The van der Waals surface area contributed by atoms with Crippen molar-refractivity contribution in [2.75, 3.05) is 19.8 Å². The molecule has 0 aliphatic carbocycles. The third-order valence-electron chi connectivity index (χ3n) is 13.1. The maximum atomic E-state index is 13.2. The van der Waals surface area contributed by atoms with Crippen LogP contribution in [0.3, 0.4) is 0 Å². The van der Waals surface area contributed by atoms with E-state index in [-0.39, 0.29) is 18.9 Å². The van der Waals surface area contributed by atoms with Crippen molar-refractivity contribution in [1.29, 1.82) is 0 Å². The van der Waals surface area contributed by atoms with Crippen molar-refractivity contribution in [1.82, 2.24) is 5.32 Å². The van der Waals surface area contributed by atoms with Gasteiger partial charge in [0.15, 0.2) is 12.6 Å². The molecular weight excluding hydrogens is 979 g/mol.